The van der Waals surface area contributed by atoms with Gasteiger partial charge in [0.1, 0.15) is 6.10 Å². The summed E-state index contributed by atoms with van der Waals surface area (Å²) in [4.78, 5) is 12.1. The Labute approximate surface area is 109 Å². The third-order valence-electron chi connectivity index (χ3n) is 3.47. The van der Waals surface area contributed by atoms with E-state index in [0.717, 1.165) is 31.4 Å². The number of benzene rings is 1. The quantitative estimate of drug-likeness (QED) is 0.888. The molecule has 18 heavy (non-hydrogen) atoms. The number of rotatable bonds is 4. The standard InChI is InChI=1S/C15H21NO2/c1-3-11-7-5-8-12(4-2)14(11)16-15(17)13-9-6-10-18-13/h5,7-8,13H,3-4,6,9-10H2,1-2H3,(H,16,17). The summed E-state index contributed by atoms with van der Waals surface area (Å²) in [5, 5.41) is 3.06. The van der Waals surface area contributed by atoms with Gasteiger partial charge in [0, 0.05) is 12.3 Å². The lowest BCUT2D eigenvalue weighted by atomic mass is 10.0. The molecule has 2 rings (SSSR count). The summed E-state index contributed by atoms with van der Waals surface area (Å²) in [7, 11) is 0. The van der Waals surface area contributed by atoms with Gasteiger partial charge < -0.3 is 10.1 Å². The second-order valence-electron chi connectivity index (χ2n) is 4.65. The summed E-state index contributed by atoms with van der Waals surface area (Å²) in [5.74, 6) is 0.00287. The van der Waals surface area contributed by atoms with Crippen LogP contribution in [0.3, 0.4) is 0 Å². The van der Waals surface area contributed by atoms with E-state index in [-0.39, 0.29) is 12.0 Å². The largest absolute Gasteiger partial charge is 0.368 e. The minimum atomic E-state index is -0.264. The highest BCUT2D eigenvalue weighted by Crippen LogP contribution is 2.24. The molecule has 1 amide bonds. The first kappa shape index (κ1) is 13.1. The average Bonchev–Trinajstić information content (AvgIpc) is 2.93. The van der Waals surface area contributed by atoms with Crippen LogP contribution in [-0.2, 0) is 22.4 Å². The van der Waals surface area contributed by atoms with Gasteiger partial charge in [-0.2, -0.15) is 0 Å². The zero-order valence-electron chi connectivity index (χ0n) is 11.2. The van der Waals surface area contributed by atoms with Gasteiger partial charge in [-0.1, -0.05) is 32.0 Å². The minimum absolute atomic E-state index is 0.00287. The number of nitrogens with one attached hydrogen (secondary N) is 1. The fourth-order valence-electron chi connectivity index (χ4n) is 2.39. The molecule has 0 aromatic heterocycles. The third kappa shape index (κ3) is 2.72. The average molecular weight is 247 g/mol. The van der Waals surface area contributed by atoms with E-state index in [1.54, 1.807) is 0 Å². The molecule has 1 fully saturated rings. The Hall–Kier alpha value is -1.35. The summed E-state index contributed by atoms with van der Waals surface area (Å²) in [6, 6.07) is 6.20. The fraction of sp³-hybridized carbons (Fsp3) is 0.533. The monoisotopic (exact) mass is 247 g/mol. The molecule has 1 saturated heterocycles. The van der Waals surface area contributed by atoms with E-state index in [9.17, 15) is 4.79 Å². The van der Waals surface area contributed by atoms with Gasteiger partial charge >= 0.3 is 0 Å². The van der Waals surface area contributed by atoms with Crippen molar-refractivity contribution in [2.75, 3.05) is 11.9 Å². The molecular formula is C15H21NO2. The van der Waals surface area contributed by atoms with Crippen molar-refractivity contribution in [2.24, 2.45) is 0 Å². The van der Waals surface area contributed by atoms with Crippen LogP contribution in [0.1, 0.15) is 37.8 Å². The number of amides is 1. The van der Waals surface area contributed by atoms with Crippen LogP contribution >= 0.6 is 0 Å². The molecule has 3 heteroatoms. The van der Waals surface area contributed by atoms with Crippen LogP contribution in [0.15, 0.2) is 18.2 Å². The van der Waals surface area contributed by atoms with Crippen LogP contribution in [0.5, 0.6) is 0 Å². The number of para-hydroxylation sites is 1. The second-order valence-corrected chi connectivity index (χ2v) is 4.65. The number of hydrogen-bond acceptors (Lipinski definition) is 2. The lowest BCUT2D eigenvalue weighted by Gasteiger charge is -2.16. The maximum Gasteiger partial charge on any atom is 0.253 e. The lowest BCUT2D eigenvalue weighted by molar-refractivity contribution is -0.124. The normalized spacial score (nSPS) is 18.9. The summed E-state index contributed by atoms with van der Waals surface area (Å²) in [5.41, 5.74) is 3.38. The summed E-state index contributed by atoms with van der Waals surface area (Å²) >= 11 is 0. The van der Waals surface area contributed by atoms with Crippen molar-refractivity contribution < 1.29 is 9.53 Å². The number of carbonyl (C=O) groups is 1. The number of carbonyl (C=O) groups excluding carboxylic acids is 1. The van der Waals surface area contributed by atoms with Gasteiger partial charge in [-0.05, 0) is 36.8 Å². The number of ether oxygens (including phenoxy) is 1. The van der Waals surface area contributed by atoms with Crippen molar-refractivity contribution in [1.29, 1.82) is 0 Å². The molecule has 1 aromatic carbocycles. The predicted octanol–water partition coefficient (Wildman–Crippen LogP) is 2.93. The Balaban J connectivity index is 2.18. The molecule has 0 bridgehead atoms. The second kappa shape index (κ2) is 6.01. The zero-order valence-corrected chi connectivity index (χ0v) is 11.2. The highest BCUT2D eigenvalue weighted by atomic mass is 16.5. The summed E-state index contributed by atoms with van der Waals surface area (Å²) in [6.45, 7) is 4.92. The van der Waals surface area contributed by atoms with Crippen molar-refractivity contribution in [1.82, 2.24) is 0 Å². The van der Waals surface area contributed by atoms with Crippen molar-refractivity contribution in [3.05, 3.63) is 29.3 Å². The Bertz CT molecular complexity index is 400. The molecule has 1 heterocycles. The number of anilines is 1. The number of aryl methyl sites for hydroxylation is 2. The molecule has 1 unspecified atom stereocenters. The first-order chi connectivity index (χ1) is 8.76. The Kier molecular flexibility index (Phi) is 4.37. The molecule has 1 aliphatic rings. The SMILES string of the molecule is CCc1cccc(CC)c1NC(=O)C1CCCO1. The van der Waals surface area contributed by atoms with Gasteiger partial charge in [-0.15, -0.1) is 0 Å². The highest BCUT2D eigenvalue weighted by Gasteiger charge is 2.24. The van der Waals surface area contributed by atoms with Crippen LogP contribution in [0, 0.1) is 0 Å². The van der Waals surface area contributed by atoms with Gasteiger partial charge in [0.15, 0.2) is 0 Å². The first-order valence-electron chi connectivity index (χ1n) is 6.79. The number of hydrogen-bond donors (Lipinski definition) is 1. The van der Waals surface area contributed by atoms with Crippen molar-refractivity contribution in [2.45, 2.75) is 45.6 Å². The van der Waals surface area contributed by atoms with Gasteiger partial charge in [-0.3, -0.25) is 4.79 Å². The minimum Gasteiger partial charge on any atom is -0.368 e. The molecule has 3 nitrogen and oxygen atoms in total. The van der Waals surface area contributed by atoms with Crippen LogP contribution < -0.4 is 5.32 Å². The Morgan fingerprint density at radius 1 is 1.33 bits per heavy atom. The van der Waals surface area contributed by atoms with E-state index in [4.69, 9.17) is 4.74 Å². The molecule has 0 saturated carbocycles. The van der Waals surface area contributed by atoms with Crippen LogP contribution in [0.2, 0.25) is 0 Å². The smallest absolute Gasteiger partial charge is 0.253 e. The maximum absolute atomic E-state index is 12.1. The van der Waals surface area contributed by atoms with Gasteiger partial charge in [0.05, 0.1) is 0 Å². The van der Waals surface area contributed by atoms with Crippen molar-refractivity contribution in [3.8, 4) is 0 Å². The van der Waals surface area contributed by atoms with Crippen LogP contribution in [0.4, 0.5) is 5.69 Å². The van der Waals surface area contributed by atoms with Gasteiger partial charge in [0.25, 0.3) is 5.91 Å². The Morgan fingerprint density at radius 3 is 2.50 bits per heavy atom. The summed E-state index contributed by atoms with van der Waals surface area (Å²) < 4.78 is 5.42. The Morgan fingerprint density at radius 2 is 2.00 bits per heavy atom. The molecule has 0 radical (unpaired) electrons. The first-order valence-corrected chi connectivity index (χ1v) is 6.79. The van der Waals surface area contributed by atoms with Crippen molar-refractivity contribution >= 4 is 11.6 Å². The van der Waals surface area contributed by atoms with Crippen LogP contribution in [-0.4, -0.2) is 18.6 Å². The molecule has 1 atom stereocenters. The van der Waals surface area contributed by atoms with Gasteiger partial charge in [-0.25, -0.2) is 0 Å². The van der Waals surface area contributed by atoms with Crippen molar-refractivity contribution in [3.63, 3.8) is 0 Å². The third-order valence-corrected chi connectivity index (χ3v) is 3.47. The molecule has 0 spiro atoms. The topological polar surface area (TPSA) is 38.3 Å². The molecule has 0 aliphatic carbocycles. The fourth-order valence-corrected chi connectivity index (χ4v) is 2.39. The lowest BCUT2D eigenvalue weighted by Crippen LogP contribution is -2.27. The zero-order chi connectivity index (χ0) is 13.0. The molecule has 1 aromatic rings. The van der Waals surface area contributed by atoms with E-state index in [1.807, 2.05) is 0 Å². The van der Waals surface area contributed by atoms with E-state index < -0.39 is 0 Å². The van der Waals surface area contributed by atoms with E-state index in [1.165, 1.54) is 11.1 Å². The van der Waals surface area contributed by atoms with E-state index >= 15 is 0 Å². The van der Waals surface area contributed by atoms with Gasteiger partial charge in [0.2, 0.25) is 0 Å². The molecule has 98 valence electrons. The predicted molar refractivity (Wildman–Crippen MR) is 72.8 cm³/mol. The summed E-state index contributed by atoms with van der Waals surface area (Å²) in [6.07, 6.45) is 3.40. The van der Waals surface area contributed by atoms with E-state index in [2.05, 4.69) is 37.4 Å². The maximum atomic E-state index is 12.1. The van der Waals surface area contributed by atoms with Crippen LogP contribution in [0.25, 0.3) is 0 Å². The highest BCUT2D eigenvalue weighted by molar-refractivity contribution is 5.95. The van der Waals surface area contributed by atoms with E-state index in [0.29, 0.717) is 6.61 Å². The molecule has 1 N–H and O–H groups in total. The molecular weight excluding hydrogens is 226 g/mol. The molecule has 1 aliphatic heterocycles.